The van der Waals surface area contributed by atoms with E-state index in [9.17, 15) is 9.59 Å². The zero-order chi connectivity index (χ0) is 14.8. The molecule has 0 unspecified atom stereocenters. The number of ether oxygens (including phenoxy) is 1. The Hall–Kier alpha value is -2.89. The fourth-order valence-electron chi connectivity index (χ4n) is 2.11. The average molecular weight is 284 g/mol. The predicted octanol–water partition coefficient (Wildman–Crippen LogP) is 2.46. The van der Waals surface area contributed by atoms with Crippen molar-refractivity contribution in [2.24, 2.45) is 0 Å². The highest BCUT2D eigenvalue weighted by atomic mass is 16.5. The van der Waals surface area contributed by atoms with E-state index in [0.717, 1.165) is 11.3 Å². The Labute approximate surface area is 120 Å². The molecule has 2 heterocycles. The van der Waals surface area contributed by atoms with Gasteiger partial charge >= 0.3 is 5.97 Å². The van der Waals surface area contributed by atoms with Gasteiger partial charge in [-0.2, -0.15) is 0 Å². The summed E-state index contributed by atoms with van der Waals surface area (Å²) < 4.78 is 5.59. The zero-order valence-electron chi connectivity index (χ0n) is 11.0. The summed E-state index contributed by atoms with van der Waals surface area (Å²) in [4.78, 5) is 26.0. The average Bonchev–Trinajstić information content (AvgIpc) is 2.48. The number of hydrogen-bond donors (Lipinski definition) is 2. The van der Waals surface area contributed by atoms with Gasteiger partial charge in [-0.05, 0) is 36.2 Å². The van der Waals surface area contributed by atoms with Gasteiger partial charge in [0.15, 0.2) is 0 Å². The van der Waals surface area contributed by atoms with E-state index in [-0.39, 0.29) is 11.5 Å². The van der Waals surface area contributed by atoms with Gasteiger partial charge in [0.25, 0.3) is 0 Å². The first-order valence-electron chi connectivity index (χ1n) is 6.42. The maximum absolute atomic E-state index is 11.3. The van der Waals surface area contributed by atoms with Crippen molar-refractivity contribution in [2.45, 2.75) is 12.8 Å². The molecule has 6 nitrogen and oxygen atoms in total. The number of aryl methyl sites for hydroxylation is 1. The van der Waals surface area contributed by atoms with Crippen LogP contribution in [-0.4, -0.2) is 22.0 Å². The van der Waals surface area contributed by atoms with Gasteiger partial charge in [0.05, 0.1) is 5.56 Å². The molecule has 2 aromatic rings. The normalized spacial score (nSPS) is 13.2. The number of rotatable bonds is 3. The molecule has 0 saturated carbocycles. The number of benzene rings is 1. The summed E-state index contributed by atoms with van der Waals surface area (Å²) in [5, 5.41) is 11.6. The molecule has 1 amide bonds. The number of fused-ring (bicyclic) bond motifs is 1. The van der Waals surface area contributed by atoms with Gasteiger partial charge < -0.3 is 15.2 Å². The fraction of sp³-hybridized carbons (Fsp3) is 0.133. The molecule has 0 atom stereocenters. The van der Waals surface area contributed by atoms with E-state index < -0.39 is 5.97 Å². The van der Waals surface area contributed by atoms with E-state index in [2.05, 4.69) is 10.3 Å². The Kier molecular flexibility index (Phi) is 3.27. The van der Waals surface area contributed by atoms with E-state index in [1.54, 1.807) is 12.1 Å². The summed E-state index contributed by atoms with van der Waals surface area (Å²) in [5.74, 6) is -0.0964. The molecule has 0 fully saturated rings. The lowest BCUT2D eigenvalue weighted by molar-refractivity contribution is -0.116. The van der Waals surface area contributed by atoms with Crippen LogP contribution in [0.4, 0.5) is 5.69 Å². The van der Waals surface area contributed by atoms with Crippen LogP contribution in [0.5, 0.6) is 11.6 Å². The molecule has 1 aromatic carbocycles. The van der Waals surface area contributed by atoms with Crippen LogP contribution in [0, 0.1) is 0 Å². The number of amides is 1. The van der Waals surface area contributed by atoms with Crippen molar-refractivity contribution < 1.29 is 19.4 Å². The second kappa shape index (κ2) is 5.24. The third-order valence-corrected chi connectivity index (χ3v) is 3.18. The lowest BCUT2D eigenvalue weighted by Gasteiger charge is -2.17. The maximum Gasteiger partial charge on any atom is 0.337 e. The summed E-state index contributed by atoms with van der Waals surface area (Å²) in [6, 6.07) is 8.31. The monoisotopic (exact) mass is 284 g/mol. The SMILES string of the molecule is O=C1CCc2cc(Oc3ccc(C(=O)O)cn3)ccc2N1. The zero-order valence-corrected chi connectivity index (χ0v) is 11.0. The molecule has 0 spiro atoms. The van der Waals surface area contributed by atoms with Crippen LogP contribution >= 0.6 is 0 Å². The number of nitrogens with one attached hydrogen (secondary N) is 1. The molecule has 21 heavy (non-hydrogen) atoms. The van der Waals surface area contributed by atoms with E-state index in [1.807, 2.05) is 6.07 Å². The standard InChI is InChI=1S/C15H12N2O4/c18-13-5-1-9-7-11(3-4-12(9)17-13)21-14-6-2-10(8-16-14)15(19)20/h2-4,6-8H,1,5H2,(H,17,18)(H,19,20). The van der Waals surface area contributed by atoms with Gasteiger partial charge in [-0.25, -0.2) is 9.78 Å². The first-order valence-corrected chi connectivity index (χ1v) is 6.42. The number of aromatic nitrogens is 1. The molecule has 1 aromatic heterocycles. The summed E-state index contributed by atoms with van der Waals surface area (Å²) in [7, 11) is 0. The quantitative estimate of drug-likeness (QED) is 0.903. The van der Waals surface area contributed by atoms with Crippen LogP contribution in [0.3, 0.4) is 0 Å². The Bertz CT molecular complexity index is 710. The summed E-state index contributed by atoms with van der Waals surface area (Å²) >= 11 is 0. The molecule has 106 valence electrons. The smallest absolute Gasteiger partial charge is 0.337 e. The van der Waals surface area contributed by atoms with Gasteiger partial charge in [0.1, 0.15) is 5.75 Å². The van der Waals surface area contributed by atoms with E-state index in [1.165, 1.54) is 18.3 Å². The minimum absolute atomic E-state index is 0.0158. The molecule has 3 rings (SSSR count). The van der Waals surface area contributed by atoms with Gasteiger partial charge in [-0.3, -0.25) is 4.79 Å². The van der Waals surface area contributed by atoms with Crippen molar-refractivity contribution in [2.75, 3.05) is 5.32 Å². The Balaban J connectivity index is 1.79. The van der Waals surface area contributed by atoms with Crippen molar-refractivity contribution in [1.29, 1.82) is 0 Å². The third kappa shape index (κ3) is 2.84. The Morgan fingerprint density at radius 3 is 2.81 bits per heavy atom. The highest BCUT2D eigenvalue weighted by molar-refractivity contribution is 5.94. The molecule has 2 N–H and O–H groups in total. The summed E-state index contributed by atoms with van der Waals surface area (Å²) in [5.41, 5.74) is 1.91. The number of carbonyl (C=O) groups is 2. The second-order valence-corrected chi connectivity index (χ2v) is 4.66. The molecule has 1 aliphatic heterocycles. The van der Waals surface area contributed by atoms with Crippen LogP contribution in [0.2, 0.25) is 0 Å². The van der Waals surface area contributed by atoms with Crippen molar-refractivity contribution in [1.82, 2.24) is 4.98 Å². The molecule has 0 saturated heterocycles. The van der Waals surface area contributed by atoms with Crippen LogP contribution in [0.25, 0.3) is 0 Å². The van der Waals surface area contributed by atoms with Gasteiger partial charge in [0.2, 0.25) is 11.8 Å². The number of carbonyl (C=O) groups excluding carboxylic acids is 1. The van der Waals surface area contributed by atoms with E-state index in [4.69, 9.17) is 9.84 Å². The third-order valence-electron chi connectivity index (χ3n) is 3.18. The minimum Gasteiger partial charge on any atom is -0.478 e. The Morgan fingerprint density at radius 2 is 2.10 bits per heavy atom. The molecular formula is C15H12N2O4. The second-order valence-electron chi connectivity index (χ2n) is 4.66. The summed E-state index contributed by atoms with van der Waals surface area (Å²) in [6.45, 7) is 0. The molecular weight excluding hydrogens is 272 g/mol. The number of anilines is 1. The molecule has 0 radical (unpaired) electrons. The van der Waals surface area contributed by atoms with Crippen molar-refractivity contribution in [3.63, 3.8) is 0 Å². The van der Waals surface area contributed by atoms with Crippen molar-refractivity contribution in [3.8, 4) is 11.6 Å². The first kappa shape index (κ1) is 13.1. The number of carboxylic acids is 1. The highest BCUT2D eigenvalue weighted by Gasteiger charge is 2.15. The molecule has 6 heteroatoms. The predicted molar refractivity (Wildman–Crippen MR) is 74.7 cm³/mol. The first-order chi connectivity index (χ1) is 10.1. The number of carboxylic acid groups (broad SMARTS) is 1. The van der Waals surface area contributed by atoms with E-state index in [0.29, 0.717) is 24.5 Å². The minimum atomic E-state index is -1.03. The topological polar surface area (TPSA) is 88.5 Å². The summed E-state index contributed by atoms with van der Waals surface area (Å²) in [6.07, 6.45) is 2.38. The van der Waals surface area contributed by atoms with Gasteiger partial charge in [-0.1, -0.05) is 0 Å². The van der Waals surface area contributed by atoms with Crippen LogP contribution in [0.1, 0.15) is 22.3 Å². The molecule has 0 aliphatic carbocycles. The lowest BCUT2D eigenvalue weighted by atomic mass is 10.0. The highest BCUT2D eigenvalue weighted by Crippen LogP contribution is 2.28. The van der Waals surface area contributed by atoms with E-state index >= 15 is 0 Å². The van der Waals surface area contributed by atoms with Crippen molar-refractivity contribution >= 4 is 17.6 Å². The number of aromatic carboxylic acids is 1. The number of nitrogens with zero attached hydrogens (tertiary/aromatic N) is 1. The molecule has 0 bridgehead atoms. The number of hydrogen-bond acceptors (Lipinski definition) is 4. The van der Waals surface area contributed by atoms with Gasteiger partial charge in [0, 0.05) is 24.4 Å². The van der Waals surface area contributed by atoms with Crippen LogP contribution < -0.4 is 10.1 Å². The van der Waals surface area contributed by atoms with Crippen LogP contribution in [-0.2, 0) is 11.2 Å². The lowest BCUT2D eigenvalue weighted by Crippen LogP contribution is -2.18. The van der Waals surface area contributed by atoms with Crippen molar-refractivity contribution in [3.05, 3.63) is 47.7 Å². The maximum atomic E-state index is 11.3. The molecule has 1 aliphatic rings. The Morgan fingerprint density at radius 1 is 1.24 bits per heavy atom. The van der Waals surface area contributed by atoms with Gasteiger partial charge in [-0.15, -0.1) is 0 Å². The van der Waals surface area contributed by atoms with Crippen LogP contribution in [0.15, 0.2) is 36.5 Å². The number of pyridine rings is 1. The largest absolute Gasteiger partial charge is 0.478 e. The fourth-order valence-corrected chi connectivity index (χ4v) is 2.11.